The van der Waals surface area contributed by atoms with E-state index in [0.717, 1.165) is 0 Å². The van der Waals surface area contributed by atoms with Gasteiger partial charge < -0.3 is 30.0 Å². The van der Waals surface area contributed by atoms with Crippen LogP contribution in [-0.2, 0) is 9.53 Å². The molecule has 0 spiro atoms. The number of amides is 2. The largest absolute Gasteiger partial charge is 0.504 e. The van der Waals surface area contributed by atoms with Gasteiger partial charge in [0.1, 0.15) is 5.75 Å². The Balaban J connectivity index is 2.24. The molecule has 164 valence electrons. The van der Waals surface area contributed by atoms with Crippen molar-refractivity contribution < 1.29 is 28.9 Å². The minimum atomic E-state index is -1.04. The molecule has 1 aliphatic rings. The van der Waals surface area contributed by atoms with Crippen molar-refractivity contribution in [3.05, 3.63) is 58.1 Å². The van der Waals surface area contributed by atoms with Crippen molar-refractivity contribution in [2.75, 3.05) is 14.2 Å². The molecule has 1 atom stereocenters. The number of rotatable bonds is 6. The Bertz CT molecular complexity index is 1030. The molecular weight excluding hydrogens is 424 g/mol. The maximum absolute atomic E-state index is 13.1. The third kappa shape index (κ3) is 4.69. The number of urea groups is 1. The van der Waals surface area contributed by atoms with E-state index in [4.69, 9.17) is 25.8 Å². The lowest BCUT2D eigenvalue weighted by Gasteiger charge is -2.30. The number of methoxy groups -OCH3 is 2. The molecule has 1 aliphatic heterocycles. The van der Waals surface area contributed by atoms with Crippen molar-refractivity contribution >= 4 is 29.3 Å². The molecule has 31 heavy (non-hydrogen) atoms. The molecule has 1 unspecified atom stereocenters. The van der Waals surface area contributed by atoms with E-state index < -0.39 is 24.1 Å². The van der Waals surface area contributed by atoms with Gasteiger partial charge in [-0.25, -0.2) is 9.59 Å². The molecule has 0 aliphatic carbocycles. The van der Waals surface area contributed by atoms with Gasteiger partial charge in [0.05, 0.1) is 37.6 Å². The molecule has 2 aromatic rings. The summed E-state index contributed by atoms with van der Waals surface area (Å²) in [6, 6.07) is 8.12. The summed E-state index contributed by atoms with van der Waals surface area (Å²) >= 11 is 6.19. The van der Waals surface area contributed by atoms with Gasteiger partial charge in [0.2, 0.25) is 0 Å². The molecule has 0 fully saturated rings. The van der Waals surface area contributed by atoms with Crippen LogP contribution in [0.2, 0.25) is 5.02 Å². The number of aromatic hydroxyl groups is 1. The van der Waals surface area contributed by atoms with Gasteiger partial charge in [-0.2, -0.15) is 0 Å². The van der Waals surface area contributed by atoms with Crippen LogP contribution in [0.3, 0.4) is 0 Å². The van der Waals surface area contributed by atoms with Crippen LogP contribution in [-0.4, -0.2) is 37.4 Å². The lowest BCUT2D eigenvalue weighted by Crippen LogP contribution is -2.45. The van der Waals surface area contributed by atoms with Crippen LogP contribution in [0.15, 0.2) is 42.0 Å². The third-order valence-electron chi connectivity index (χ3n) is 4.61. The summed E-state index contributed by atoms with van der Waals surface area (Å²) in [6.45, 7) is 3.44. The van der Waals surface area contributed by atoms with E-state index in [1.54, 1.807) is 38.1 Å². The molecule has 0 saturated heterocycles. The highest BCUT2D eigenvalue weighted by Gasteiger charge is 2.37. The number of hydrogen-bond acceptors (Lipinski definition) is 6. The summed E-state index contributed by atoms with van der Waals surface area (Å²) in [5.74, 6) is -0.178. The molecule has 0 saturated carbocycles. The Labute approximate surface area is 184 Å². The van der Waals surface area contributed by atoms with Gasteiger partial charge in [-0.1, -0.05) is 11.6 Å². The zero-order chi connectivity index (χ0) is 22.7. The number of phenols is 1. The smallest absolute Gasteiger partial charge is 0.338 e. The molecule has 9 heteroatoms. The van der Waals surface area contributed by atoms with E-state index in [1.807, 2.05) is 0 Å². The second kappa shape index (κ2) is 9.18. The van der Waals surface area contributed by atoms with Crippen LogP contribution >= 0.6 is 11.6 Å². The normalized spacial score (nSPS) is 15.9. The van der Waals surface area contributed by atoms with E-state index in [0.29, 0.717) is 11.3 Å². The number of carbonyl (C=O) groups excluding carboxylic acids is 2. The van der Waals surface area contributed by atoms with E-state index in [1.165, 1.54) is 26.4 Å². The number of hydrogen-bond donors (Lipinski definition) is 3. The quantitative estimate of drug-likeness (QED) is 0.583. The summed E-state index contributed by atoms with van der Waals surface area (Å²) in [6.07, 6.45) is -0.405. The fraction of sp³-hybridized carbons (Fsp3) is 0.273. The van der Waals surface area contributed by atoms with Crippen molar-refractivity contribution in [1.29, 1.82) is 0 Å². The molecule has 3 rings (SSSR count). The molecular formula is C22H23ClN2O6. The van der Waals surface area contributed by atoms with Crippen molar-refractivity contribution in [2.45, 2.75) is 26.0 Å². The van der Waals surface area contributed by atoms with Crippen LogP contribution in [0, 0.1) is 0 Å². The fourth-order valence-electron chi connectivity index (χ4n) is 3.25. The second-order valence-corrected chi connectivity index (χ2v) is 7.49. The summed E-state index contributed by atoms with van der Waals surface area (Å²) in [4.78, 5) is 25.6. The van der Waals surface area contributed by atoms with Crippen LogP contribution in [0.5, 0.6) is 17.2 Å². The van der Waals surface area contributed by atoms with Crippen molar-refractivity contribution in [3.63, 3.8) is 0 Å². The Hall–Kier alpha value is -3.39. The summed E-state index contributed by atoms with van der Waals surface area (Å²) < 4.78 is 15.8. The van der Waals surface area contributed by atoms with Crippen molar-refractivity contribution in [1.82, 2.24) is 10.6 Å². The number of halogens is 1. The third-order valence-corrected chi connectivity index (χ3v) is 4.83. The van der Waals surface area contributed by atoms with Crippen LogP contribution in [0.25, 0.3) is 5.70 Å². The van der Waals surface area contributed by atoms with Gasteiger partial charge in [-0.15, -0.1) is 0 Å². The zero-order valence-corrected chi connectivity index (χ0v) is 18.2. The highest BCUT2D eigenvalue weighted by molar-refractivity contribution is 6.30. The number of phenolic OH excluding ortho intramolecular Hbond substituents is 1. The molecule has 1 heterocycles. The van der Waals surface area contributed by atoms with Crippen molar-refractivity contribution in [3.8, 4) is 17.2 Å². The first-order valence-electron chi connectivity index (χ1n) is 9.48. The topological polar surface area (TPSA) is 106 Å². The summed E-state index contributed by atoms with van der Waals surface area (Å²) in [7, 11) is 2.92. The Kier molecular flexibility index (Phi) is 6.60. The molecule has 3 N–H and O–H groups in total. The monoisotopic (exact) mass is 446 g/mol. The molecule has 0 radical (unpaired) electrons. The average molecular weight is 447 g/mol. The molecule has 2 aromatic carbocycles. The van der Waals surface area contributed by atoms with Crippen LogP contribution in [0.1, 0.15) is 31.0 Å². The van der Waals surface area contributed by atoms with Crippen LogP contribution < -0.4 is 20.1 Å². The lowest BCUT2D eigenvalue weighted by atomic mass is 9.91. The fourth-order valence-corrected chi connectivity index (χ4v) is 3.47. The Morgan fingerprint density at radius 3 is 2.39 bits per heavy atom. The maximum atomic E-state index is 13.1. The van der Waals surface area contributed by atoms with Gasteiger partial charge >= 0.3 is 12.0 Å². The predicted octanol–water partition coefficient (Wildman–Crippen LogP) is 3.78. The standard InChI is InChI=1S/C22H23ClN2O6/c1-11(2)31-21(27)17-18(12-5-7-14(29-3)8-6-12)24-22(28)25-19(17)15-9-13(23)10-16(30-4)20(15)26/h5-11,19,26H,1-4H3,(H2,24,25,28). The van der Waals surface area contributed by atoms with Gasteiger partial charge in [0, 0.05) is 16.7 Å². The highest BCUT2D eigenvalue weighted by Crippen LogP contribution is 2.42. The second-order valence-electron chi connectivity index (χ2n) is 7.05. The number of carbonyl (C=O) groups is 2. The summed E-state index contributed by atoms with van der Waals surface area (Å²) in [5.41, 5.74) is 1.12. The summed E-state index contributed by atoms with van der Waals surface area (Å²) in [5, 5.41) is 16.3. The lowest BCUT2D eigenvalue weighted by molar-refractivity contribution is -0.143. The number of benzene rings is 2. The molecule has 0 aromatic heterocycles. The average Bonchev–Trinajstić information content (AvgIpc) is 2.73. The van der Waals surface area contributed by atoms with E-state index >= 15 is 0 Å². The molecule has 2 amide bonds. The van der Waals surface area contributed by atoms with Gasteiger partial charge in [0.15, 0.2) is 11.5 Å². The van der Waals surface area contributed by atoms with E-state index in [-0.39, 0.29) is 33.4 Å². The van der Waals surface area contributed by atoms with Gasteiger partial charge in [-0.3, -0.25) is 0 Å². The minimum absolute atomic E-state index is 0.109. The number of ether oxygens (including phenoxy) is 3. The molecule has 0 bridgehead atoms. The van der Waals surface area contributed by atoms with Crippen LogP contribution in [0.4, 0.5) is 4.79 Å². The van der Waals surface area contributed by atoms with Gasteiger partial charge in [-0.05, 0) is 49.7 Å². The molecule has 8 nitrogen and oxygen atoms in total. The first-order valence-corrected chi connectivity index (χ1v) is 9.86. The first kappa shape index (κ1) is 22.3. The highest BCUT2D eigenvalue weighted by atomic mass is 35.5. The Morgan fingerprint density at radius 2 is 1.81 bits per heavy atom. The predicted molar refractivity (Wildman–Crippen MR) is 115 cm³/mol. The number of esters is 1. The number of nitrogens with one attached hydrogen (secondary N) is 2. The first-order chi connectivity index (χ1) is 14.7. The Morgan fingerprint density at radius 1 is 1.13 bits per heavy atom. The van der Waals surface area contributed by atoms with E-state index in [9.17, 15) is 14.7 Å². The zero-order valence-electron chi connectivity index (χ0n) is 17.5. The SMILES string of the molecule is COc1ccc(C2=C(C(=O)OC(C)C)C(c3cc(Cl)cc(OC)c3O)NC(=O)N2)cc1. The van der Waals surface area contributed by atoms with Gasteiger partial charge in [0.25, 0.3) is 0 Å². The maximum Gasteiger partial charge on any atom is 0.338 e. The van der Waals surface area contributed by atoms with E-state index in [2.05, 4.69) is 10.6 Å². The van der Waals surface area contributed by atoms with Crippen molar-refractivity contribution in [2.24, 2.45) is 0 Å². The minimum Gasteiger partial charge on any atom is -0.504 e.